The minimum atomic E-state index is -1.39. The average Bonchev–Trinajstić information content (AvgIpc) is 2.80. The van der Waals surface area contributed by atoms with Gasteiger partial charge in [-0.15, -0.1) is 0 Å². The van der Waals surface area contributed by atoms with Crippen molar-refractivity contribution < 1.29 is 28.6 Å². The van der Waals surface area contributed by atoms with Crippen LogP contribution >= 0.6 is 11.8 Å². The normalized spacial score (nSPS) is 11.7. The number of carboxylic acids is 1. The van der Waals surface area contributed by atoms with E-state index in [2.05, 4.69) is 5.32 Å². The highest BCUT2D eigenvalue weighted by Gasteiger charge is 2.20. The lowest BCUT2D eigenvalue weighted by Gasteiger charge is -2.20. The van der Waals surface area contributed by atoms with Crippen LogP contribution in [0.4, 0.5) is 0 Å². The molecule has 0 aliphatic rings. The van der Waals surface area contributed by atoms with E-state index >= 15 is 0 Å². The summed E-state index contributed by atoms with van der Waals surface area (Å²) < 4.78 is 16.0. The maximum Gasteiger partial charge on any atom is 0.340 e. The second kappa shape index (κ2) is 10.9. The fourth-order valence-electron chi connectivity index (χ4n) is 3.41. The summed E-state index contributed by atoms with van der Waals surface area (Å²) >= 11 is 1.36. The smallest absolute Gasteiger partial charge is 0.340 e. The van der Waals surface area contributed by atoms with E-state index in [1.807, 2.05) is 30.3 Å². The highest BCUT2D eigenvalue weighted by atomic mass is 32.2. The summed E-state index contributed by atoms with van der Waals surface area (Å²) in [6.07, 6.45) is -0.341. The van der Waals surface area contributed by atoms with Crippen LogP contribution in [0.25, 0.3) is 11.0 Å². The van der Waals surface area contributed by atoms with E-state index in [1.165, 1.54) is 26.0 Å². The van der Waals surface area contributed by atoms with E-state index in [4.69, 9.17) is 13.9 Å². The predicted octanol–water partition coefficient (Wildman–Crippen LogP) is 1.83. The van der Waals surface area contributed by atoms with Crippen LogP contribution in [-0.2, 0) is 21.8 Å². The van der Waals surface area contributed by atoms with Crippen LogP contribution in [0, 0.1) is 6.92 Å². The second-order valence-electron chi connectivity index (χ2n) is 7.31. The molecule has 2 aromatic carbocycles. The Bertz CT molecular complexity index is 1210. The van der Waals surface area contributed by atoms with Gasteiger partial charge in [0.25, 0.3) is 0 Å². The summed E-state index contributed by atoms with van der Waals surface area (Å²) in [7, 11) is 2.96. The van der Waals surface area contributed by atoms with Crippen LogP contribution in [0.2, 0.25) is 0 Å². The number of thioether (sulfide) groups is 1. The highest BCUT2D eigenvalue weighted by Crippen LogP contribution is 2.33. The number of methoxy groups -OCH3 is 2. The summed E-state index contributed by atoms with van der Waals surface area (Å²) in [6.45, 7) is 1.68. The predicted molar refractivity (Wildman–Crippen MR) is 124 cm³/mol. The van der Waals surface area contributed by atoms with Gasteiger partial charge >= 0.3 is 5.63 Å². The Kier molecular flexibility index (Phi) is 8.00. The molecule has 0 unspecified atom stereocenters. The van der Waals surface area contributed by atoms with Crippen LogP contribution < -0.4 is 25.5 Å². The van der Waals surface area contributed by atoms with Crippen LogP contribution in [0.5, 0.6) is 11.5 Å². The van der Waals surface area contributed by atoms with E-state index in [-0.39, 0.29) is 23.3 Å². The first-order valence-electron chi connectivity index (χ1n) is 10.1. The lowest BCUT2D eigenvalue weighted by molar-refractivity contribution is -0.307. The van der Waals surface area contributed by atoms with Crippen LogP contribution in [-0.4, -0.2) is 37.9 Å². The maximum atomic E-state index is 12.6. The molecule has 0 aliphatic heterocycles. The first-order valence-corrected chi connectivity index (χ1v) is 11.3. The second-order valence-corrected chi connectivity index (χ2v) is 8.34. The minimum Gasteiger partial charge on any atom is -0.548 e. The number of rotatable bonds is 10. The molecule has 0 saturated heterocycles. The molecule has 33 heavy (non-hydrogen) atoms. The lowest BCUT2D eigenvalue weighted by atomic mass is 10.0. The molecule has 1 N–H and O–H groups in total. The molecule has 0 bridgehead atoms. The quantitative estimate of drug-likeness (QED) is 0.446. The molecule has 0 saturated carbocycles. The molecule has 0 fully saturated rings. The molecule has 3 aromatic rings. The van der Waals surface area contributed by atoms with E-state index < -0.39 is 23.5 Å². The fourth-order valence-corrected chi connectivity index (χ4v) is 4.41. The van der Waals surface area contributed by atoms with Gasteiger partial charge in [0, 0.05) is 23.6 Å². The van der Waals surface area contributed by atoms with Gasteiger partial charge in [-0.3, -0.25) is 4.79 Å². The number of hydrogen-bond acceptors (Lipinski definition) is 8. The third kappa shape index (κ3) is 5.87. The van der Waals surface area contributed by atoms with Gasteiger partial charge in [-0.1, -0.05) is 30.3 Å². The van der Waals surface area contributed by atoms with Crippen LogP contribution in [0.3, 0.4) is 0 Å². The van der Waals surface area contributed by atoms with E-state index in [1.54, 1.807) is 19.1 Å². The monoisotopic (exact) mass is 470 g/mol. The zero-order valence-corrected chi connectivity index (χ0v) is 19.3. The van der Waals surface area contributed by atoms with Gasteiger partial charge in [0.2, 0.25) is 5.91 Å². The largest absolute Gasteiger partial charge is 0.548 e. The zero-order valence-electron chi connectivity index (χ0n) is 18.5. The fraction of sp³-hybridized carbons (Fsp3) is 0.292. The summed E-state index contributed by atoms with van der Waals surface area (Å²) in [5.74, 6) is -0.403. The Morgan fingerprint density at radius 3 is 2.52 bits per heavy atom. The number of amides is 1. The third-order valence-electron chi connectivity index (χ3n) is 5.12. The Balaban J connectivity index is 1.75. The molecule has 1 amide bonds. The van der Waals surface area contributed by atoms with Gasteiger partial charge in [-0.05, 0) is 18.1 Å². The molecule has 8 nitrogen and oxygen atoms in total. The lowest BCUT2D eigenvalue weighted by Crippen LogP contribution is -2.50. The maximum absolute atomic E-state index is 12.6. The first-order chi connectivity index (χ1) is 15.8. The number of aryl methyl sites for hydroxylation is 1. The molecule has 174 valence electrons. The molecular formula is C24H24NO7S-. The van der Waals surface area contributed by atoms with E-state index in [9.17, 15) is 19.5 Å². The van der Waals surface area contributed by atoms with Crippen molar-refractivity contribution in [1.82, 2.24) is 5.32 Å². The zero-order chi connectivity index (χ0) is 24.0. The summed E-state index contributed by atoms with van der Waals surface area (Å²) in [4.78, 5) is 36.7. The minimum absolute atomic E-state index is 0.123. The number of hydrogen-bond donors (Lipinski definition) is 1. The Morgan fingerprint density at radius 2 is 1.88 bits per heavy atom. The summed E-state index contributed by atoms with van der Waals surface area (Å²) in [5, 5.41) is 14.5. The van der Waals surface area contributed by atoms with Crippen molar-refractivity contribution in [3.05, 3.63) is 69.6 Å². The first kappa shape index (κ1) is 24.2. The van der Waals surface area contributed by atoms with Crippen molar-refractivity contribution in [2.24, 2.45) is 0 Å². The Labute approximate surface area is 194 Å². The number of ether oxygens (including phenoxy) is 2. The molecule has 0 spiro atoms. The average molecular weight is 471 g/mol. The van der Waals surface area contributed by atoms with Crippen molar-refractivity contribution in [3.8, 4) is 11.5 Å². The number of benzene rings is 2. The molecular weight excluding hydrogens is 446 g/mol. The molecule has 0 aliphatic carbocycles. The van der Waals surface area contributed by atoms with Crippen LogP contribution in [0.1, 0.15) is 16.7 Å². The summed E-state index contributed by atoms with van der Waals surface area (Å²) in [6, 6.07) is 11.6. The van der Waals surface area contributed by atoms with Gasteiger partial charge in [-0.2, -0.15) is 11.8 Å². The molecule has 9 heteroatoms. The van der Waals surface area contributed by atoms with Crippen molar-refractivity contribution in [3.63, 3.8) is 0 Å². The summed E-state index contributed by atoms with van der Waals surface area (Å²) in [5.41, 5.74) is 1.26. The topological polar surface area (TPSA) is 118 Å². The Hall–Kier alpha value is -3.46. The van der Waals surface area contributed by atoms with Gasteiger partial charge in [0.1, 0.15) is 17.1 Å². The number of aliphatic carboxylic acids is 1. The molecule has 0 radical (unpaired) electrons. The Morgan fingerprint density at radius 1 is 1.15 bits per heavy atom. The number of fused-ring (bicyclic) bond motifs is 1. The van der Waals surface area contributed by atoms with Crippen LogP contribution in [0.15, 0.2) is 51.7 Å². The highest BCUT2D eigenvalue weighted by molar-refractivity contribution is 7.98. The van der Waals surface area contributed by atoms with Gasteiger partial charge in [0.05, 0.1) is 43.6 Å². The van der Waals surface area contributed by atoms with Gasteiger partial charge in [0.15, 0.2) is 0 Å². The van der Waals surface area contributed by atoms with E-state index in [0.717, 1.165) is 5.56 Å². The van der Waals surface area contributed by atoms with Crippen molar-refractivity contribution in [2.75, 3.05) is 20.0 Å². The number of carbonyl (C=O) groups excluding carboxylic acids is 2. The third-order valence-corrected chi connectivity index (χ3v) is 6.23. The standard InChI is InChI=1S/C24H25NO7S/c1-14-17(24(29)32-20-10-16(30-2)9-19(31-3)22(14)20)11-21(26)25-18(23(27)28)13-33-12-15-7-5-4-6-8-15/h4-10,18H,11-13H2,1-3H3,(H,25,26)(H,27,28)/p-1/t18-/m0/s1. The van der Waals surface area contributed by atoms with Gasteiger partial charge < -0.3 is 29.1 Å². The molecule has 3 rings (SSSR count). The van der Waals surface area contributed by atoms with Crippen molar-refractivity contribution >= 4 is 34.6 Å². The molecule has 1 heterocycles. The molecule has 1 aromatic heterocycles. The molecule has 1 atom stereocenters. The van der Waals surface area contributed by atoms with Crippen molar-refractivity contribution in [2.45, 2.75) is 25.1 Å². The SMILES string of the molecule is COc1cc(OC)c2c(C)c(CC(=O)N[C@@H](CSCc3ccccc3)C(=O)[O-])c(=O)oc2c1. The number of nitrogens with one attached hydrogen (secondary N) is 1. The van der Waals surface area contributed by atoms with Crippen molar-refractivity contribution in [1.29, 1.82) is 0 Å². The number of carbonyl (C=O) groups is 2. The number of carboxylic acid groups (broad SMARTS) is 1. The van der Waals surface area contributed by atoms with Gasteiger partial charge in [-0.25, -0.2) is 4.79 Å². The van der Waals surface area contributed by atoms with E-state index in [0.29, 0.717) is 28.2 Å².